The second-order valence-electron chi connectivity index (χ2n) is 9.52. The van der Waals surface area contributed by atoms with Crippen molar-refractivity contribution in [3.63, 3.8) is 0 Å². The molecule has 2 aliphatic carbocycles. The van der Waals surface area contributed by atoms with Crippen LogP contribution in [0.2, 0.25) is 5.02 Å². The van der Waals surface area contributed by atoms with Gasteiger partial charge in [0.25, 0.3) is 0 Å². The minimum Gasteiger partial charge on any atom is -0.511 e. The van der Waals surface area contributed by atoms with Crippen molar-refractivity contribution in [3.8, 4) is 11.6 Å². The van der Waals surface area contributed by atoms with E-state index in [-0.39, 0.29) is 39.5 Å². The molecule has 2 atom stereocenters. The van der Waals surface area contributed by atoms with Crippen molar-refractivity contribution < 1.29 is 27.8 Å². The monoisotopic (exact) mass is 479 g/mol. The number of nitrogens with zero attached hydrogens (tertiary/aromatic N) is 1. The van der Waals surface area contributed by atoms with Crippen LogP contribution in [0.3, 0.4) is 0 Å². The van der Waals surface area contributed by atoms with E-state index in [1.165, 1.54) is 0 Å². The lowest BCUT2D eigenvalue weighted by atomic mass is 9.58. The molecule has 1 N–H and O–H groups in total. The highest BCUT2D eigenvalue weighted by Gasteiger charge is 2.61. The zero-order valence-corrected chi connectivity index (χ0v) is 19.6. The average Bonchev–Trinajstić information content (AvgIpc) is 2.92. The van der Waals surface area contributed by atoms with Gasteiger partial charge in [0.15, 0.2) is 5.78 Å². The molecule has 0 saturated heterocycles. The van der Waals surface area contributed by atoms with Gasteiger partial charge in [-0.1, -0.05) is 45.4 Å². The van der Waals surface area contributed by atoms with E-state index >= 15 is 0 Å². The van der Waals surface area contributed by atoms with Crippen LogP contribution >= 0.6 is 11.6 Å². The molecule has 1 aromatic heterocycles. The largest absolute Gasteiger partial charge is 0.511 e. The Hall–Kier alpha value is -2.54. The fraction of sp³-hybridized carbons (Fsp3) is 0.440. The van der Waals surface area contributed by atoms with E-state index in [4.69, 9.17) is 16.3 Å². The normalized spacial score (nSPS) is 24.4. The molecule has 2 aromatic rings. The fourth-order valence-corrected chi connectivity index (χ4v) is 5.34. The summed E-state index contributed by atoms with van der Waals surface area (Å²) >= 11 is 5.98. The summed E-state index contributed by atoms with van der Waals surface area (Å²) in [6.45, 7) is 7.95. The maximum absolute atomic E-state index is 13.7. The van der Waals surface area contributed by atoms with E-state index in [0.717, 1.165) is 18.1 Å². The molecule has 1 aromatic carbocycles. The van der Waals surface area contributed by atoms with Gasteiger partial charge in [0, 0.05) is 17.5 Å². The van der Waals surface area contributed by atoms with Gasteiger partial charge >= 0.3 is 6.18 Å². The molecule has 33 heavy (non-hydrogen) atoms. The topological polar surface area (TPSA) is 59.4 Å². The Bertz CT molecular complexity index is 1170. The van der Waals surface area contributed by atoms with Gasteiger partial charge in [-0.15, -0.1) is 0 Å². The lowest BCUT2D eigenvalue weighted by Crippen LogP contribution is -2.45. The van der Waals surface area contributed by atoms with Gasteiger partial charge in [-0.2, -0.15) is 13.2 Å². The molecule has 176 valence electrons. The van der Waals surface area contributed by atoms with Crippen molar-refractivity contribution in [1.82, 2.24) is 4.98 Å². The van der Waals surface area contributed by atoms with Gasteiger partial charge in [-0.3, -0.25) is 4.79 Å². The second kappa shape index (κ2) is 7.76. The number of hydrogen-bond acceptors (Lipinski definition) is 4. The predicted octanol–water partition coefficient (Wildman–Crippen LogP) is 7.40. The van der Waals surface area contributed by atoms with Crippen molar-refractivity contribution in [2.24, 2.45) is 16.7 Å². The van der Waals surface area contributed by atoms with Gasteiger partial charge in [-0.25, -0.2) is 4.98 Å². The van der Waals surface area contributed by atoms with Crippen LogP contribution in [0.4, 0.5) is 13.2 Å². The summed E-state index contributed by atoms with van der Waals surface area (Å²) in [7, 11) is 0. The molecule has 0 amide bonds. The van der Waals surface area contributed by atoms with Crippen LogP contribution in [0.25, 0.3) is 5.57 Å². The average molecular weight is 480 g/mol. The Balaban J connectivity index is 1.77. The number of aryl methyl sites for hydroxylation is 1. The number of fused-ring (bicyclic) bond motifs is 2. The van der Waals surface area contributed by atoms with E-state index in [9.17, 15) is 23.1 Å². The first-order chi connectivity index (χ1) is 15.3. The van der Waals surface area contributed by atoms with E-state index in [2.05, 4.69) is 4.98 Å². The number of aliphatic hydroxyl groups excluding tert-OH is 1. The minimum absolute atomic E-state index is 0.0949. The van der Waals surface area contributed by atoms with Gasteiger partial charge in [0.2, 0.25) is 5.88 Å². The number of aromatic nitrogens is 1. The Morgan fingerprint density at radius 1 is 1.24 bits per heavy atom. The maximum Gasteiger partial charge on any atom is 0.417 e. The minimum atomic E-state index is -4.57. The van der Waals surface area contributed by atoms with Crippen molar-refractivity contribution in [1.29, 1.82) is 0 Å². The van der Waals surface area contributed by atoms with Crippen LogP contribution in [0.15, 0.2) is 36.2 Å². The van der Waals surface area contributed by atoms with E-state index in [0.29, 0.717) is 30.2 Å². The molecular weight excluding hydrogens is 455 g/mol. The third kappa shape index (κ3) is 3.61. The van der Waals surface area contributed by atoms with Crippen molar-refractivity contribution in [3.05, 3.63) is 57.9 Å². The number of aliphatic hydroxyl groups is 1. The number of ketones is 1. The van der Waals surface area contributed by atoms with Crippen LogP contribution < -0.4 is 4.74 Å². The molecule has 4 rings (SSSR count). The van der Waals surface area contributed by atoms with E-state index in [1.807, 2.05) is 27.7 Å². The molecule has 1 fully saturated rings. The summed E-state index contributed by atoms with van der Waals surface area (Å²) in [5.41, 5.74) is -0.223. The molecule has 1 heterocycles. The number of ether oxygens (including phenoxy) is 1. The summed E-state index contributed by atoms with van der Waals surface area (Å²) in [5.74, 6) is -0.0581. The van der Waals surface area contributed by atoms with Crippen LogP contribution in [-0.4, -0.2) is 15.9 Å². The molecular formula is C25H25ClF3NO3. The lowest BCUT2D eigenvalue weighted by molar-refractivity contribution is -0.137. The van der Waals surface area contributed by atoms with Gasteiger partial charge < -0.3 is 9.84 Å². The highest BCUT2D eigenvalue weighted by atomic mass is 35.5. The number of carbonyl (C=O) groups is 1. The third-order valence-corrected chi connectivity index (χ3v) is 7.89. The van der Waals surface area contributed by atoms with Crippen molar-refractivity contribution in [2.75, 3.05) is 0 Å². The summed E-state index contributed by atoms with van der Waals surface area (Å²) in [6.07, 6.45) is -1.88. The van der Waals surface area contributed by atoms with Crippen molar-refractivity contribution in [2.45, 2.75) is 53.1 Å². The smallest absolute Gasteiger partial charge is 0.417 e. The molecule has 0 aliphatic heterocycles. The van der Waals surface area contributed by atoms with Crippen LogP contribution in [0.5, 0.6) is 11.6 Å². The first-order valence-corrected chi connectivity index (χ1v) is 11.2. The fourth-order valence-electron chi connectivity index (χ4n) is 5.14. The first kappa shape index (κ1) is 23.6. The highest BCUT2D eigenvalue weighted by Crippen LogP contribution is 2.63. The number of carbonyl (C=O) groups excluding carboxylic acids is 1. The molecule has 0 unspecified atom stereocenters. The molecule has 4 nitrogen and oxygen atoms in total. The van der Waals surface area contributed by atoms with Crippen LogP contribution in [-0.2, 0) is 17.4 Å². The summed E-state index contributed by atoms with van der Waals surface area (Å²) in [4.78, 5) is 17.4. The van der Waals surface area contributed by atoms with Crippen LogP contribution in [0, 0.1) is 16.7 Å². The summed E-state index contributed by atoms with van der Waals surface area (Å²) < 4.78 is 44.4. The molecule has 0 spiro atoms. The lowest BCUT2D eigenvalue weighted by Gasteiger charge is -2.45. The first-order valence-electron chi connectivity index (χ1n) is 10.8. The number of Topliss-reactive ketones (excluding diaryl/α,β-unsaturated/α-hetero) is 1. The van der Waals surface area contributed by atoms with E-state index < -0.39 is 17.2 Å². The zero-order valence-electron chi connectivity index (χ0n) is 18.8. The van der Waals surface area contributed by atoms with Crippen LogP contribution in [0.1, 0.15) is 57.2 Å². The number of benzene rings is 1. The maximum atomic E-state index is 13.7. The molecule has 2 aliphatic rings. The Kier molecular flexibility index (Phi) is 5.55. The van der Waals surface area contributed by atoms with Gasteiger partial charge in [-0.05, 0) is 54.0 Å². The predicted molar refractivity (Wildman–Crippen MR) is 119 cm³/mol. The quantitative estimate of drug-likeness (QED) is 0.496. The zero-order chi connectivity index (χ0) is 24.3. The molecule has 0 radical (unpaired) electrons. The number of halogens is 4. The highest BCUT2D eigenvalue weighted by molar-refractivity contribution is 6.31. The number of alkyl halides is 3. The summed E-state index contributed by atoms with van der Waals surface area (Å²) in [5, 5.41) is 10.9. The number of pyridine rings is 1. The SMILES string of the molecule is CCc1ccc(Oc2ncc(C(F)(F)F)cc2Cl)cc1C1=C(O)[C@@H]2CC[C@](C)(C1=O)C2(C)C. The number of rotatable bonds is 4. The van der Waals surface area contributed by atoms with E-state index in [1.54, 1.807) is 18.2 Å². The number of allylic oxidation sites excluding steroid dienone is 2. The Morgan fingerprint density at radius 2 is 1.94 bits per heavy atom. The second-order valence-corrected chi connectivity index (χ2v) is 9.92. The third-order valence-electron chi connectivity index (χ3n) is 7.62. The summed E-state index contributed by atoms with van der Waals surface area (Å²) in [6, 6.07) is 5.80. The number of hydrogen-bond donors (Lipinski definition) is 1. The Labute approximate surface area is 195 Å². The molecule has 8 heteroatoms. The van der Waals surface area contributed by atoms with Gasteiger partial charge in [0.1, 0.15) is 16.5 Å². The van der Waals surface area contributed by atoms with Gasteiger partial charge in [0.05, 0.1) is 11.1 Å². The van der Waals surface area contributed by atoms with Crippen molar-refractivity contribution >= 4 is 23.0 Å². The standard InChI is InChI=1S/C25H25ClF3NO3/c1-5-13-6-7-15(33-22-18(26)10-14(12-30-22)25(27,28)29)11-16(13)19-20(31)17-8-9-24(4,21(19)32)23(17,2)3/h6-7,10-12,17,31H,5,8-9H2,1-4H3/t17-,24+/m0/s1. The Morgan fingerprint density at radius 3 is 2.55 bits per heavy atom. The molecule has 1 saturated carbocycles. The molecule has 2 bridgehead atoms.